The van der Waals surface area contributed by atoms with Gasteiger partial charge in [-0.1, -0.05) is 40.9 Å². The van der Waals surface area contributed by atoms with E-state index in [2.05, 4.69) is 27.8 Å². The highest BCUT2D eigenvalue weighted by molar-refractivity contribution is 9.10. The van der Waals surface area contributed by atoms with E-state index in [9.17, 15) is 13.2 Å². The molecule has 21 heavy (non-hydrogen) atoms. The Morgan fingerprint density at radius 2 is 2.00 bits per heavy atom. The SMILES string of the molecule is C=CCCCCCC(NC)c1ccc(Br)c(C(F)(F)F)c1. The third-order valence-electron chi connectivity index (χ3n) is 3.45. The van der Waals surface area contributed by atoms with Crippen LogP contribution in [0, 0.1) is 0 Å². The van der Waals surface area contributed by atoms with Crippen LogP contribution in [0.25, 0.3) is 0 Å². The first-order valence-electron chi connectivity index (χ1n) is 7.05. The molecule has 1 rings (SSSR count). The second-order valence-electron chi connectivity index (χ2n) is 5.00. The van der Waals surface area contributed by atoms with Crippen molar-refractivity contribution in [2.75, 3.05) is 7.05 Å². The molecule has 1 aromatic rings. The van der Waals surface area contributed by atoms with Gasteiger partial charge >= 0.3 is 6.18 Å². The molecule has 0 aromatic heterocycles. The van der Waals surface area contributed by atoms with E-state index in [1.54, 1.807) is 13.1 Å². The molecule has 0 amide bonds. The Morgan fingerprint density at radius 3 is 2.57 bits per heavy atom. The van der Waals surface area contributed by atoms with Crippen molar-refractivity contribution in [3.63, 3.8) is 0 Å². The molecule has 0 saturated carbocycles. The van der Waals surface area contributed by atoms with Crippen LogP contribution in [0.1, 0.15) is 49.3 Å². The zero-order chi connectivity index (χ0) is 15.9. The lowest BCUT2D eigenvalue weighted by molar-refractivity contribution is -0.138. The molecule has 0 aliphatic rings. The maximum absolute atomic E-state index is 12.9. The van der Waals surface area contributed by atoms with Gasteiger partial charge < -0.3 is 5.32 Å². The average Bonchev–Trinajstić information content (AvgIpc) is 2.42. The number of hydrogen-bond acceptors (Lipinski definition) is 1. The van der Waals surface area contributed by atoms with Crippen molar-refractivity contribution in [3.05, 3.63) is 46.5 Å². The second kappa shape index (κ2) is 8.59. The molecular formula is C16H21BrF3N. The number of allylic oxidation sites excluding steroid dienone is 1. The molecule has 0 spiro atoms. The van der Waals surface area contributed by atoms with Crippen LogP contribution in [0.2, 0.25) is 0 Å². The lowest BCUT2D eigenvalue weighted by Gasteiger charge is -2.19. The summed E-state index contributed by atoms with van der Waals surface area (Å²) in [6, 6.07) is 4.39. The van der Waals surface area contributed by atoms with Crippen molar-refractivity contribution in [1.29, 1.82) is 0 Å². The quantitative estimate of drug-likeness (QED) is 0.450. The van der Waals surface area contributed by atoms with Crippen LogP contribution in [-0.2, 0) is 6.18 Å². The summed E-state index contributed by atoms with van der Waals surface area (Å²) in [6.07, 6.45) is 2.49. The second-order valence-corrected chi connectivity index (χ2v) is 5.86. The van der Waals surface area contributed by atoms with E-state index in [4.69, 9.17) is 0 Å². The van der Waals surface area contributed by atoms with E-state index in [1.807, 2.05) is 6.08 Å². The summed E-state index contributed by atoms with van der Waals surface area (Å²) in [5.41, 5.74) is 0.0589. The molecule has 1 unspecified atom stereocenters. The maximum atomic E-state index is 12.9. The number of alkyl halides is 3. The highest BCUT2D eigenvalue weighted by Crippen LogP contribution is 2.36. The van der Waals surface area contributed by atoms with E-state index in [0.717, 1.165) is 32.1 Å². The molecule has 0 saturated heterocycles. The van der Waals surface area contributed by atoms with Crippen molar-refractivity contribution in [2.45, 2.75) is 44.3 Å². The summed E-state index contributed by atoms with van der Waals surface area (Å²) in [4.78, 5) is 0. The van der Waals surface area contributed by atoms with Gasteiger partial charge in [0.05, 0.1) is 5.56 Å². The number of nitrogens with one attached hydrogen (secondary N) is 1. The molecule has 0 aliphatic carbocycles. The fraction of sp³-hybridized carbons (Fsp3) is 0.500. The number of unbranched alkanes of at least 4 members (excludes halogenated alkanes) is 3. The molecule has 5 heteroatoms. The molecule has 1 aromatic carbocycles. The van der Waals surface area contributed by atoms with Gasteiger partial charge in [-0.15, -0.1) is 6.58 Å². The lowest BCUT2D eigenvalue weighted by Crippen LogP contribution is -2.17. The van der Waals surface area contributed by atoms with E-state index in [1.165, 1.54) is 12.1 Å². The molecule has 118 valence electrons. The third kappa shape index (κ3) is 5.83. The highest BCUT2D eigenvalue weighted by atomic mass is 79.9. The van der Waals surface area contributed by atoms with Gasteiger partial charge in [0.25, 0.3) is 0 Å². The summed E-state index contributed by atoms with van der Waals surface area (Å²) >= 11 is 2.97. The van der Waals surface area contributed by atoms with Crippen LogP contribution in [-0.4, -0.2) is 7.05 Å². The largest absolute Gasteiger partial charge is 0.417 e. The Labute approximate surface area is 132 Å². The topological polar surface area (TPSA) is 12.0 Å². The van der Waals surface area contributed by atoms with Crippen molar-refractivity contribution in [2.24, 2.45) is 0 Å². The number of rotatable bonds is 8. The lowest BCUT2D eigenvalue weighted by atomic mass is 9.98. The molecule has 0 fully saturated rings. The Bertz CT molecular complexity index is 457. The molecule has 1 nitrogen and oxygen atoms in total. The first-order valence-corrected chi connectivity index (χ1v) is 7.84. The van der Waals surface area contributed by atoms with Gasteiger partial charge in [-0.25, -0.2) is 0 Å². The van der Waals surface area contributed by atoms with Gasteiger partial charge in [-0.3, -0.25) is 0 Å². The minimum atomic E-state index is -4.34. The van der Waals surface area contributed by atoms with Crippen LogP contribution in [0.5, 0.6) is 0 Å². The Balaban J connectivity index is 2.74. The van der Waals surface area contributed by atoms with Crippen molar-refractivity contribution < 1.29 is 13.2 Å². The summed E-state index contributed by atoms with van der Waals surface area (Å²) in [6.45, 7) is 3.67. The van der Waals surface area contributed by atoms with Crippen LogP contribution < -0.4 is 5.32 Å². The van der Waals surface area contributed by atoms with E-state index < -0.39 is 11.7 Å². The van der Waals surface area contributed by atoms with Crippen LogP contribution in [0.3, 0.4) is 0 Å². The number of hydrogen-bond donors (Lipinski definition) is 1. The fourth-order valence-electron chi connectivity index (χ4n) is 2.27. The highest BCUT2D eigenvalue weighted by Gasteiger charge is 2.33. The predicted octanol–water partition coefficient (Wildman–Crippen LogP) is 5.86. The zero-order valence-corrected chi connectivity index (χ0v) is 13.7. The van der Waals surface area contributed by atoms with Gasteiger partial charge in [0.1, 0.15) is 0 Å². The van der Waals surface area contributed by atoms with Crippen molar-refractivity contribution in [3.8, 4) is 0 Å². The molecule has 0 heterocycles. The van der Waals surface area contributed by atoms with Crippen LogP contribution in [0.4, 0.5) is 13.2 Å². The van der Waals surface area contributed by atoms with Gasteiger partial charge in [0.15, 0.2) is 0 Å². The monoisotopic (exact) mass is 363 g/mol. The average molecular weight is 364 g/mol. The third-order valence-corrected chi connectivity index (χ3v) is 4.14. The number of benzene rings is 1. The maximum Gasteiger partial charge on any atom is 0.417 e. The molecule has 0 radical (unpaired) electrons. The van der Waals surface area contributed by atoms with Crippen molar-refractivity contribution in [1.82, 2.24) is 5.32 Å². The minimum absolute atomic E-state index is 0.0528. The van der Waals surface area contributed by atoms with Crippen molar-refractivity contribution >= 4 is 15.9 Å². The fourth-order valence-corrected chi connectivity index (χ4v) is 2.74. The molecule has 1 N–H and O–H groups in total. The van der Waals surface area contributed by atoms with Crippen LogP contribution >= 0.6 is 15.9 Å². The summed E-state index contributed by atoms with van der Waals surface area (Å²) in [7, 11) is 1.78. The molecule has 0 bridgehead atoms. The van der Waals surface area contributed by atoms with E-state index in [-0.39, 0.29) is 10.5 Å². The standard InChI is InChI=1S/C16H21BrF3N/c1-3-4-5-6-7-8-15(21-2)12-9-10-14(17)13(11-12)16(18,19)20/h3,9-11,15,21H,1,4-8H2,2H3. The number of halogens is 4. The zero-order valence-electron chi connectivity index (χ0n) is 12.1. The predicted molar refractivity (Wildman–Crippen MR) is 84.2 cm³/mol. The Kier molecular flexibility index (Phi) is 7.46. The Hall–Kier alpha value is -0.810. The smallest absolute Gasteiger partial charge is 0.313 e. The first kappa shape index (κ1) is 18.2. The normalized spacial score (nSPS) is 13.2. The van der Waals surface area contributed by atoms with E-state index >= 15 is 0 Å². The summed E-state index contributed by atoms with van der Waals surface area (Å²) in [5.74, 6) is 0. The molecule has 0 aliphatic heterocycles. The molecular weight excluding hydrogens is 343 g/mol. The van der Waals surface area contributed by atoms with Gasteiger partial charge in [0, 0.05) is 10.5 Å². The summed E-state index contributed by atoms with van der Waals surface area (Å²) < 4.78 is 38.9. The summed E-state index contributed by atoms with van der Waals surface area (Å²) in [5, 5.41) is 3.10. The van der Waals surface area contributed by atoms with Gasteiger partial charge in [-0.2, -0.15) is 13.2 Å². The van der Waals surface area contributed by atoms with E-state index in [0.29, 0.717) is 5.56 Å². The minimum Gasteiger partial charge on any atom is -0.313 e. The van der Waals surface area contributed by atoms with Crippen LogP contribution in [0.15, 0.2) is 35.3 Å². The Morgan fingerprint density at radius 1 is 1.29 bits per heavy atom. The first-order chi connectivity index (χ1) is 9.90. The van der Waals surface area contributed by atoms with Gasteiger partial charge in [-0.05, 0) is 44.0 Å². The van der Waals surface area contributed by atoms with Gasteiger partial charge in [0.2, 0.25) is 0 Å². The molecule has 1 atom stereocenters.